The molecule has 0 bridgehead atoms. The first-order valence-electron chi connectivity index (χ1n) is 12.1. The van der Waals surface area contributed by atoms with E-state index in [9.17, 15) is 14.4 Å². The third-order valence-corrected chi connectivity index (χ3v) is 6.73. The summed E-state index contributed by atoms with van der Waals surface area (Å²) >= 11 is 0. The molecule has 1 fully saturated rings. The number of likely N-dealkylation sites (N-methyl/N-ethyl adjacent to an activating group) is 1. The smallest absolute Gasteiger partial charge is 0.410 e. The van der Waals surface area contributed by atoms with Gasteiger partial charge in [0.15, 0.2) is 5.82 Å². The minimum atomic E-state index is -0.565. The molecule has 10 nitrogen and oxygen atoms in total. The van der Waals surface area contributed by atoms with Gasteiger partial charge in [0.2, 0.25) is 5.91 Å². The number of carbonyl (C=O) groups is 3. The molecule has 0 radical (unpaired) electrons. The molecule has 4 heterocycles. The van der Waals surface area contributed by atoms with Gasteiger partial charge < -0.3 is 24.8 Å². The lowest BCUT2D eigenvalue weighted by atomic mass is 9.98. The number of fused-ring (bicyclic) bond motifs is 2. The number of aromatic nitrogens is 2. The highest BCUT2D eigenvalue weighted by Gasteiger charge is 2.34. The first-order valence-corrected chi connectivity index (χ1v) is 12.1. The molecular weight excluding hydrogens is 448 g/mol. The fourth-order valence-corrected chi connectivity index (χ4v) is 4.87. The molecule has 1 saturated heterocycles. The van der Waals surface area contributed by atoms with Crippen LogP contribution in [-0.4, -0.2) is 76.3 Å². The molecule has 35 heavy (non-hydrogen) atoms. The van der Waals surface area contributed by atoms with Crippen LogP contribution in [0, 0.1) is 5.92 Å². The second-order valence-corrected chi connectivity index (χ2v) is 10.5. The number of nitrogens with zero attached hydrogens (tertiary/aromatic N) is 5. The van der Waals surface area contributed by atoms with Gasteiger partial charge in [-0.05, 0) is 57.4 Å². The van der Waals surface area contributed by atoms with Crippen molar-refractivity contribution in [3.8, 4) is 0 Å². The van der Waals surface area contributed by atoms with Crippen LogP contribution in [0.1, 0.15) is 43.1 Å². The van der Waals surface area contributed by atoms with Crippen molar-refractivity contribution >= 4 is 35.2 Å². The van der Waals surface area contributed by atoms with Gasteiger partial charge >= 0.3 is 6.09 Å². The van der Waals surface area contributed by atoms with Gasteiger partial charge in [-0.1, -0.05) is 0 Å². The van der Waals surface area contributed by atoms with Crippen LogP contribution in [0.25, 0.3) is 0 Å². The Kier molecular flexibility index (Phi) is 5.69. The zero-order chi connectivity index (χ0) is 24.9. The number of hydrogen-bond acceptors (Lipinski definition) is 6. The zero-order valence-electron chi connectivity index (χ0n) is 20.7. The third kappa shape index (κ3) is 4.56. The van der Waals surface area contributed by atoms with Crippen LogP contribution >= 0.6 is 0 Å². The molecule has 10 heteroatoms. The van der Waals surface area contributed by atoms with Gasteiger partial charge in [-0.3, -0.25) is 9.59 Å². The minimum Gasteiger partial charge on any atom is -0.444 e. The quantitative estimate of drug-likeness (QED) is 0.725. The molecule has 1 unspecified atom stereocenters. The summed E-state index contributed by atoms with van der Waals surface area (Å²) in [5.41, 5.74) is 2.28. The molecule has 5 rings (SSSR count). The van der Waals surface area contributed by atoms with Crippen molar-refractivity contribution in [1.29, 1.82) is 0 Å². The molecule has 0 spiro atoms. The van der Waals surface area contributed by atoms with E-state index in [0.29, 0.717) is 31.9 Å². The predicted molar refractivity (Wildman–Crippen MR) is 131 cm³/mol. The van der Waals surface area contributed by atoms with Crippen LogP contribution in [-0.2, 0) is 22.5 Å². The molecule has 0 aliphatic carbocycles. The van der Waals surface area contributed by atoms with Crippen LogP contribution in [0.4, 0.5) is 22.1 Å². The van der Waals surface area contributed by atoms with E-state index in [1.807, 2.05) is 50.7 Å². The largest absolute Gasteiger partial charge is 0.444 e. The topological polar surface area (TPSA) is 100 Å². The van der Waals surface area contributed by atoms with E-state index in [4.69, 9.17) is 4.74 Å². The minimum absolute atomic E-state index is 0.0615. The molecule has 1 aromatic heterocycles. The maximum atomic E-state index is 12.9. The standard InChI is InChI=1S/C25H32N6O4/c1-25(2,3)35-24(34)29-10-8-17(15-29)22(32)26-20-14-21-30(11-12-31(21)27-20)18-5-6-19-16(13-18)7-9-28(4)23(19)33/h5-6,13-14,17H,7-12,15H2,1-4H3,(H,26,27,32). The van der Waals surface area contributed by atoms with Gasteiger partial charge in [-0.2, -0.15) is 5.10 Å². The highest BCUT2D eigenvalue weighted by Crippen LogP contribution is 2.34. The average molecular weight is 481 g/mol. The summed E-state index contributed by atoms with van der Waals surface area (Å²) in [6, 6.07) is 7.84. The maximum Gasteiger partial charge on any atom is 0.410 e. The van der Waals surface area contributed by atoms with E-state index in [1.54, 1.807) is 9.80 Å². The van der Waals surface area contributed by atoms with Crippen LogP contribution in [0.15, 0.2) is 24.3 Å². The summed E-state index contributed by atoms with van der Waals surface area (Å²) in [6.45, 7) is 8.52. The van der Waals surface area contributed by atoms with Crippen LogP contribution in [0.5, 0.6) is 0 Å². The van der Waals surface area contributed by atoms with Gasteiger partial charge in [0.1, 0.15) is 11.4 Å². The first kappa shape index (κ1) is 23.2. The molecule has 2 aromatic rings. The Morgan fingerprint density at radius 1 is 1.11 bits per heavy atom. The summed E-state index contributed by atoms with van der Waals surface area (Å²) in [6.07, 6.45) is 1.04. The van der Waals surface area contributed by atoms with E-state index >= 15 is 0 Å². The van der Waals surface area contributed by atoms with E-state index in [-0.39, 0.29) is 23.8 Å². The fraction of sp³-hybridized carbons (Fsp3) is 0.520. The van der Waals surface area contributed by atoms with Crippen molar-refractivity contribution in [2.24, 2.45) is 5.92 Å². The number of likely N-dealkylation sites (tertiary alicyclic amines) is 1. The van der Waals surface area contributed by atoms with Gasteiger partial charge in [0, 0.05) is 50.5 Å². The summed E-state index contributed by atoms with van der Waals surface area (Å²) in [5, 5.41) is 7.49. The number of carbonyl (C=O) groups excluding carboxylic acids is 3. The van der Waals surface area contributed by atoms with Gasteiger partial charge in [0.25, 0.3) is 5.91 Å². The summed E-state index contributed by atoms with van der Waals surface area (Å²) < 4.78 is 7.31. The lowest BCUT2D eigenvalue weighted by molar-refractivity contribution is -0.119. The van der Waals surface area contributed by atoms with Gasteiger partial charge in [0.05, 0.1) is 12.5 Å². The van der Waals surface area contributed by atoms with E-state index in [1.165, 1.54) is 0 Å². The molecule has 3 aliphatic rings. The van der Waals surface area contributed by atoms with Gasteiger partial charge in [-0.25, -0.2) is 9.48 Å². The number of rotatable bonds is 3. The lowest BCUT2D eigenvalue weighted by Gasteiger charge is -2.26. The number of ether oxygens (including phenoxy) is 1. The van der Waals surface area contributed by atoms with Crippen LogP contribution in [0.3, 0.4) is 0 Å². The first-order chi connectivity index (χ1) is 16.6. The summed E-state index contributed by atoms with van der Waals surface area (Å²) in [5.74, 6) is 1.02. The molecule has 3 aliphatic heterocycles. The van der Waals surface area contributed by atoms with Crippen molar-refractivity contribution in [3.63, 3.8) is 0 Å². The van der Waals surface area contributed by atoms with Crippen molar-refractivity contribution in [2.45, 2.75) is 45.8 Å². The predicted octanol–water partition coefficient (Wildman–Crippen LogP) is 2.86. The van der Waals surface area contributed by atoms with Crippen LogP contribution in [0.2, 0.25) is 0 Å². The Hall–Kier alpha value is -3.56. The Morgan fingerprint density at radius 3 is 2.69 bits per heavy atom. The number of hydrogen-bond donors (Lipinski definition) is 1. The van der Waals surface area contributed by atoms with E-state index < -0.39 is 5.60 Å². The van der Waals surface area contributed by atoms with E-state index in [2.05, 4.69) is 21.4 Å². The molecule has 1 aromatic carbocycles. The lowest BCUT2D eigenvalue weighted by Crippen LogP contribution is -2.36. The second kappa shape index (κ2) is 8.58. The normalized spacial score (nSPS) is 19.6. The Balaban J connectivity index is 1.25. The summed E-state index contributed by atoms with van der Waals surface area (Å²) in [7, 11) is 1.83. The average Bonchev–Trinajstić information content (AvgIpc) is 3.51. The second-order valence-electron chi connectivity index (χ2n) is 10.5. The zero-order valence-corrected chi connectivity index (χ0v) is 20.7. The van der Waals surface area contributed by atoms with E-state index in [0.717, 1.165) is 42.1 Å². The van der Waals surface area contributed by atoms with Crippen molar-refractivity contribution in [2.75, 3.05) is 43.4 Å². The van der Waals surface area contributed by atoms with Crippen molar-refractivity contribution in [3.05, 3.63) is 35.4 Å². The Labute approximate surface area is 204 Å². The monoisotopic (exact) mass is 480 g/mol. The third-order valence-electron chi connectivity index (χ3n) is 6.73. The highest BCUT2D eigenvalue weighted by atomic mass is 16.6. The maximum absolute atomic E-state index is 12.9. The fourth-order valence-electron chi connectivity index (χ4n) is 4.87. The molecular formula is C25H32N6O4. The highest BCUT2D eigenvalue weighted by molar-refractivity contribution is 5.97. The van der Waals surface area contributed by atoms with Crippen LogP contribution < -0.4 is 10.2 Å². The number of benzene rings is 1. The molecule has 1 atom stereocenters. The van der Waals surface area contributed by atoms with Crippen molar-refractivity contribution < 1.29 is 19.1 Å². The number of anilines is 3. The molecule has 186 valence electrons. The number of nitrogens with one attached hydrogen (secondary N) is 1. The van der Waals surface area contributed by atoms with Gasteiger partial charge in [-0.15, -0.1) is 0 Å². The molecule has 0 saturated carbocycles. The Morgan fingerprint density at radius 2 is 1.91 bits per heavy atom. The summed E-state index contributed by atoms with van der Waals surface area (Å²) in [4.78, 5) is 43.1. The Bertz CT molecular complexity index is 1180. The number of amides is 3. The SMILES string of the molecule is CN1CCc2cc(N3CCn4nc(NC(=O)C5CCN(C(=O)OC(C)(C)C)C5)cc43)ccc2C1=O. The van der Waals surface area contributed by atoms with Crippen molar-refractivity contribution in [1.82, 2.24) is 19.6 Å². The molecule has 3 amide bonds. The molecule has 1 N–H and O–H groups in total.